The van der Waals surface area contributed by atoms with Crippen LogP contribution in [0.15, 0.2) is 11.0 Å². The topological polar surface area (TPSA) is 44.8 Å². The zero-order valence-electron chi connectivity index (χ0n) is 14.8. The van der Waals surface area contributed by atoms with Crippen molar-refractivity contribution in [3.05, 3.63) is 16.7 Å². The van der Waals surface area contributed by atoms with E-state index in [1.807, 2.05) is 34.0 Å². The van der Waals surface area contributed by atoms with Crippen molar-refractivity contribution >= 4 is 41.5 Å². The van der Waals surface area contributed by atoms with E-state index in [0.717, 1.165) is 16.9 Å². The summed E-state index contributed by atoms with van der Waals surface area (Å²) in [5.41, 5.74) is 0.656. The highest BCUT2D eigenvalue weighted by Crippen LogP contribution is 2.64. The maximum absolute atomic E-state index is 13.0. The van der Waals surface area contributed by atoms with E-state index in [9.17, 15) is 4.57 Å². The molecular formula is C16H24ClO4PS2. The van der Waals surface area contributed by atoms with Crippen LogP contribution >= 0.6 is 41.5 Å². The summed E-state index contributed by atoms with van der Waals surface area (Å²) in [5, 5.41) is 0.684. The summed E-state index contributed by atoms with van der Waals surface area (Å²) in [6, 6.07) is 1.68. The molecular weight excluding hydrogens is 387 g/mol. The fourth-order valence-electron chi connectivity index (χ4n) is 2.56. The van der Waals surface area contributed by atoms with Gasteiger partial charge in [0, 0.05) is 28.2 Å². The normalized spacial score (nSPS) is 18.2. The van der Waals surface area contributed by atoms with Gasteiger partial charge in [0.05, 0.1) is 11.6 Å². The molecule has 1 aromatic carbocycles. The van der Waals surface area contributed by atoms with E-state index >= 15 is 0 Å². The van der Waals surface area contributed by atoms with Crippen LogP contribution < -0.4 is 9.26 Å². The molecule has 0 aliphatic carbocycles. The molecule has 1 aromatic rings. The van der Waals surface area contributed by atoms with Gasteiger partial charge in [-0.05, 0) is 38.4 Å². The zero-order chi connectivity index (χ0) is 18.1. The van der Waals surface area contributed by atoms with E-state index in [-0.39, 0.29) is 10.9 Å². The van der Waals surface area contributed by atoms with Gasteiger partial charge < -0.3 is 9.26 Å². The minimum absolute atomic E-state index is 0.105. The third-order valence-electron chi connectivity index (χ3n) is 3.27. The van der Waals surface area contributed by atoms with Crippen molar-refractivity contribution in [2.75, 3.05) is 12.9 Å². The molecule has 1 aliphatic heterocycles. The fourth-order valence-corrected chi connectivity index (χ4v) is 7.45. The molecule has 1 aliphatic rings. The Morgan fingerprint density at radius 2 is 2.12 bits per heavy atom. The van der Waals surface area contributed by atoms with Crippen LogP contribution in [0.3, 0.4) is 0 Å². The fraction of sp³-hybridized carbons (Fsp3) is 0.625. The van der Waals surface area contributed by atoms with Gasteiger partial charge in [0.2, 0.25) is 0 Å². The van der Waals surface area contributed by atoms with Gasteiger partial charge in [-0.1, -0.05) is 25.4 Å². The van der Waals surface area contributed by atoms with Gasteiger partial charge in [-0.15, -0.1) is 11.8 Å². The minimum atomic E-state index is -3.34. The lowest BCUT2D eigenvalue weighted by atomic mass is 10.0. The Kier molecular flexibility index (Phi) is 6.53. The van der Waals surface area contributed by atoms with E-state index in [1.54, 1.807) is 24.8 Å². The summed E-state index contributed by atoms with van der Waals surface area (Å²) >= 11 is 9.19. The molecule has 1 heterocycles. The van der Waals surface area contributed by atoms with Gasteiger partial charge in [-0.3, -0.25) is 4.52 Å². The van der Waals surface area contributed by atoms with Crippen LogP contribution in [0.25, 0.3) is 0 Å². The lowest BCUT2D eigenvalue weighted by Gasteiger charge is -2.22. The second kappa shape index (κ2) is 7.71. The van der Waals surface area contributed by atoms with E-state index in [4.69, 9.17) is 25.4 Å². The van der Waals surface area contributed by atoms with Crippen LogP contribution in [0, 0.1) is 0 Å². The van der Waals surface area contributed by atoms with E-state index in [0.29, 0.717) is 23.1 Å². The third-order valence-corrected chi connectivity index (χ3v) is 8.81. The SMILES string of the molecule is CCOP(=O)(Oc1cc(Cl)c(SC)c2c1OC(C)(C)C2)SC(C)C. The quantitative estimate of drug-likeness (QED) is 0.380. The molecule has 0 bridgehead atoms. The second-order valence-electron chi connectivity index (χ2n) is 6.35. The predicted octanol–water partition coefficient (Wildman–Crippen LogP) is 6.44. The lowest BCUT2D eigenvalue weighted by molar-refractivity contribution is 0.135. The summed E-state index contributed by atoms with van der Waals surface area (Å²) in [6.45, 7) is 6.69. The molecule has 0 saturated heterocycles. The van der Waals surface area contributed by atoms with Crippen molar-refractivity contribution in [2.45, 2.75) is 56.8 Å². The van der Waals surface area contributed by atoms with Crippen molar-refractivity contribution in [3.63, 3.8) is 0 Å². The van der Waals surface area contributed by atoms with E-state index in [2.05, 4.69) is 0 Å². The molecule has 0 fully saturated rings. The van der Waals surface area contributed by atoms with Crippen molar-refractivity contribution in [1.29, 1.82) is 0 Å². The number of ether oxygens (including phenoxy) is 1. The van der Waals surface area contributed by atoms with Crippen LogP contribution in [0.2, 0.25) is 5.02 Å². The number of rotatable bonds is 7. The first kappa shape index (κ1) is 20.3. The molecule has 1 unspecified atom stereocenters. The molecule has 0 N–H and O–H groups in total. The molecule has 24 heavy (non-hydrogen) atoms. The van der Waals surface area contributed by atoms with Crippen LogP contribution in [0.4, 0.5) is 0 Å². The molecule has 0 saturated carbocycles. The molecule has 0 amide bonds. The van der Waals surface area contributed by atoms with E-state index < -0.39 is 6.80 Å². The number of halogens is 1. The highest BCUT2D eigenvalue weighted by atomic mass is 35.5. The smallest absolute Gasteiger partial charge is 0.440 e. The summed E-state index contributed by atoms with van der Waals surface area (Å²) in [7, 11) is 0. The number of hydrogen-bond acceptors (Lipinski definition) is 6. The Hall–Kier alpha value is -0.000000000000000111. The summed E-state index contributed by atoms with van der Waals surface area (Å²) < 4.78 is 30.4. The van der Waals surface area contributed by atoms with Crippen molar-refractivity contribution in [2.24, 2.45) is 0 Å². The predicted molar refractivity (Wildman–Crippen MR) is 104 cm³/mol. The molecule has 2 rings (SSSR count). The molecule has 8 heteroatoms. The second-order valence-corrected chi connectivity index (χ2v) is 12.0. The third kappa shape index (κ3) is 4.59. The van der Waals surface area contributed by atoms with Gasteiger partial charge in [-0.25, -0.2) is 4.57 Å². The molecule has 0 radical (unpaired) electrons. The Morgan fingerprint density at radius 3 is 2.67 bits per heavy atom. The van der Waals surface area contributed by atoms with E-state index in [1.165, 1.54) is 11.4 Å². The zero-order valence-corrected chi connectivity index (χ0v) is 18.1. The Balaban J connectivity index is 2.46. The Labute approximate surface area is 157 Å². The summed E-state index contributed by atoms with van der Waals surface area (Å²) in [5.74, 6) is 1.02. The first-order valence-electron chi connectivity index (χ1n) is 7.81. The summed E-state index contributed by atoms with van der Waals surface area (Å²) in [6.07, 6.45) is 2.71. The van der Waals surface area contributed by atoms with Crippen LogP contribution in [-0.4, -0.2) is 23.7 Å². The molecule has 1 atom stereocenters. The van der Waals surface area contributed by atoms with Gasteiger partial charge in [0.15, 0.2) is 11.5 Å². The highest BCUT2D eigenvalue weighted by molar-refractivity contribution is 8.55. The molecule has 0 spiro atoms. The highest BCUT2D eigenvalue weighted by Gasteiger charge is 2.38. The number of benzene rings is 1. The van der Waals surface area contributed by atoms with Gasteiger partial charge in [0.25, 0.3) is 0 Å². The lowest BCUT2D eigenvalue weighted by Crippen LogP contribution is -2.24. The van der Waals surface area contributed by atoms with Crippen LogP contribution in [-0.2, 0) is 15.5 Å². The van der Waals surface area contributed by atoms with Crippen molar-refractivity contribution in [3.8, 4) is 11.5 Å². The van der Waals surface area contributed by atoms with Gasteiger partial charge in [0.1, 0.15) is 5.60 Å². The maximum atomic E-state index is 13.0. The van der Waals surface area contributed by atoms with Crippen LogP contribution in [0.5, 0.6) is 11.5 Å². The standard InChI is InChI=1S/C16H24ClO4PS2/c1-7-19-22(18,24-10(2)3)21-13-8-12(17)15(23-6)11-9-16(4,5)20-14(11)13/h8,10H,7,9H2,1-6H3. The number of hydrogen-bond donors (Lipinski definition) is 0. The van der Waals surface area contributed by atoms with Crippen molar-refractivity contribution < 1.29 is 18.3 Å². The Bertz CT molecular complexity index is 664. The average Bonchev–Trinajstić information content (AvgIpc) is 2.73. The Morgan fingerprint density at radius 1 is 1.46 bits per heavy atom. The average molecular weight is 411 g/mol. The molecule has 4 nitrogen and oxygen atoms in total. The molecule has 0 aromatic heterocycles. The van der Waals surface area contributed by atoms with Crippen molar-refractivity contribution in [1.82, 2.24) is 0 Å². The number of fused-ring (bicyclic) bond motifs is 1. The monoisotopic (exact) mass is 410 g/mol. The first-order chi connectivity index (χ1) is 11.1. The number of thioether (sulfide) groups is 1. The van der Waals surface area contributed by atoms with Crippen LogP contribution in [0.1, 0.15) is 40.2 Å². The largest absolute Gasteiger partial charge is 0.483 e. The first-order valence-corrected chi connectivity index (χ1v) is 12.4. The molecule has 136 valence electrons. The summed E-state index contributed by atoms with van der Waals surface area (Å²) in [4.78, 5) is 0.979. The van der Waals surface area contributed by atoms with Gasteiger partial charge in [-0.2, -0.15) is 0 Å². The maximum Gasteiger partial charge on any atom is 0.440 e. The van der Waals surface area contributed by atoms with Gasteiger partial charge >= 0.3 is 6.80 Å². The minimum Gasteiger partial charge on any atom is -0.483 e.